The van der Waals surface area contributed by atoms with Crippen LogP contribution in [0.3, 0.4) is 0 Å². The van der Waals surface area contributed by atoms with Gasteiger partial charge in [0.05, 0.1) is 17.9 Å². The maximum atomic E-state index is 13.8. The first-order chi connectivity index (χ1) is 8.88. The van der Waals surface area contributed by atoms with Crippen molar-refractivity contribution in [3.05, 3.63) is 29.3 Å². The first-order valence-electron chi connectivity index (χ1n) is 5.93. The lowest BCUT2D eigenvalue weighted by atomic mass is 10.1. The Morgan fingerprint density at radius 1 is 1.42 bits per heavy atom. The van der Waals surface area contributed by atoms with E-state index >= 15 is 0 Å². The molecular formula is C13H18F2N2O2. The van der Waals surface area contributed by atoms with Crippen LogP contribution < -0.4 is 5.73 Å². The van der Waals surface area contributed by atoms with E-state index in [2.05, 4.69) is 0 Å². The number of hydrogen-bond donors (Lipinski definition) is 1. The first-order valence-corrected chi connectivity index (χ1v) is 5.93. The third-order valence-corrected chi connectivity index (χ3v) is 2.72. The molecule has 0 unspecified atom stereocenters. The van der Waals surface area contributed by atoms with Crippen molar-refractivity contribution in [1.29, 1.82) is 0 Å². The summed E-state index contributed by atoms with van der Waals surface area (Å²) in [4.78, 5) is 13.6. The molecule has 0 heterocycles. The summed E-state index contributed by atoms with van der Waals surface area (Å²) in [6.07, 6.45) is 0. The number of methoxy groups -OCH3 is 1. The van der Waals surface area contributed by atoms with E-state index in [9.17, 15) is 13.6 Å². The average Bonchev–Trinajstić information content (AvgIpc) is 2.33. The van der Waals surface area contributed by atoms with E-state index in [0.717, 1.165) is 12.1 Å². The second-order valence-electron chi connectivity index (χ2n) is 4.44. The van der Waals surface area contributed by atoms with Crippen LogP contribution in [0.2, 0.25) is 0 Å². The summed E-state index contributed by atoms with van der Waals surface area (Å²) in [5.74, 6) is -2.23. The molecule has 1 aromatic carbocycles. The summed E-state index contributed by atoms with van der Waals surface area (Å²) >= 11 is 0. The molecule has 0 aliphatic heterocycles. The fraction of sp³-hybridized carbons (Fsp3) is 0.462. The Hall–Kier alpha value is -1.69. The summed E-state index contributed by atoms with van der Waals surface area (Å²) < 4.78 is 32.0. The van der Waals surface area contributed by atoms with Crippen molar-refractivity contribution < 1.29 is 18.3 Å². The lowest BCUT2D eigenvalue weighted by molar-refractivity contribution is 0.0630. The monoisotopic (exact) mass is 272 g/mol. The summed E-state index contributed by atoms with van der Waals surface area (Å²) in [6, 6.07) is 1.54. The van der Waals surface area contributed by atoms with Crippen LogP contribution in [0.25, 0.3) is 0 Å². The van der Waals surface area contributed by atoms with Crippen molar-refractivity contribution >= 4 is 11.6 Å². The van der Waals surface area contributed by atoms with Crippen molar-refractivity contribution in [1.82, 2.24) is 4.90 Å². The molecule has 0 aromatic heterocycles. The molecule has 0 radical (unpaired) electrons. The second kappa shape index (κ2) is 6.47. The molecule has 4 nitrogen and oxygen atoms in total. The quantitative estimate of drug-likeness (QED) is 0.835. The van der Waals surface area contributed by atoms with Crippen LogP contribution in [0.1, 0.15) is 24.2 Å². The van der Waals surface area contributed by atoms with E-state index in [-0.39, 0.29) is 17.3 Å². The predicted octanol–water partition coefficient (Wildman–Crippen LogP) is 2.04. The highest BCUT2D eigenvalue weighted by Crippen LogP contribution is 2.20. The van der Waals surface area contributed by atoms with E-state index in [1.807, 2.05) is 0 Å². The third kappa shape index (κ3) is 3.64. The van der Waals surface area contributed by atoms with Gasteiger partial charge in [0.25, 0.3) is 5.91 Å². The van der Waals surface area contributed by atoms with Crippen molar-refractivity contribution in [2.45, 2.75) is 19.9 Å². The molecule has 19 heavy (non-hydrogen) atoms. The van der Waals surface area contributed by atoms with Gasteiger partial charge in [-0.2, -0.15) is 0 Å². The Labute approximate surface area is 111 Å². The number of anilines is 1. The number of amides is 1. The average molecular weight is 272 g/mol. The molecule has 1 aromatic rings. The highest BCUT2D eigenvalue weighted by molar-refractivity contribution is 5.95. The summed E-state index contributed by atoms with van der Waals surface area (Å²) in [5, 5.41) is 0. The van der Waals surface area contributed by atoms with Gasteiger partial charge >= 0.3 is 0 Å². The summed E-state index contributed by atoms with van der Waals surface area (Å²) in [5.41, 5.74) is 4.59. The van der Waals surface area contributed by atoms with Crippen LogP contribution in [-0.4, -0.2) is 37.1 Å². The van der Waals surface area contributed by atoms with Crippen molar-refractivity contribution in [3.63, 3.8) is 0 Å². The van der Waals surface area contributed by atoms with Crippen molar-refractivity contribution in [3.8, 4) is 0 Å². The predicted molar refractivity (Wildman–Crippen MR) is 68.8 cm³/mol. The molecule has 2 N–H and O–H groups in total. The number of benzene rings is 1. The molecule has 0 spiro atoms. The standard InChI is InChI=1S/C13H18F2N2O2/c1-8(2)17(4-5-19-3)13(18)10-6-9(14)7-11(16)12(10)15/h6-8H,4-5,16H2,1-3H3. The first kappa shape index (κ1) is 15.4. The summed E-state index contributed by atoms with van der Waals surface area (Å²) in [6.45, 7) is 4.18. The molecule has 1 rings (SSSR count). The molecule has 0 saturated heterocycles. The highest BCUT2D eigenvalue weighted by atomic mass is 19.1. The largest absolute Gasteiger partial charge is 0.396 e. The topological polar surface area (TPSA) is 55.6 Å². The number of nitrogens with two attached hydrogens (primary N) is 1. The second-order valence-corrected chi connectivity index (χ2v) is 4.44. The molecule has 0 fully saturated rings. The van der Waals surface area contributed by atoms with Gasteiger partial charge in [-0.05, 0) is 26.0 Å². The van der Waals surface area contributed by atoms with E-state index < -0.39 is 17.5 Å². The Morgan fingerprint density at radius 3 is 2.58 bits per heavy atom. The van der Waals surface area contributed by atoms with Crippen LogP contribution in [0.5, 0.6) is 0 Å². The van der Waals surface area contributed by atoms with E-state index in [1.165, 1.54) is 12.0 Å². The van der Waals surface area contributed by atoms with Crippen LogP contribution in [0.4, 0.5) is 14.5 Å². The molecule has 0 bridgehead atoms. The van der Waals surface area contributed by atoms with Gasteiger partial charge in [-0.15, -0.1) is 0 Å². The molecular weight excluding hydrogens is 254 g/mol. The molecule has 6 heteroatoms. The summed E-state index contributed by atoms with van der Waals surface area (Å²) in [7, 11) is 1.50. The zero-order valence-electron chi connectivity index (χ0n) is 11.2. The minimum atomic E-state index is -0.894. The molecule has 106 valence electrons. The number of rotatable bonds is 5. The number of nitrogen functional groups attached to an aromatic ring is 1. The fourth-order valence-electron chi connectivity index (χ4n) is 1.70. The fourth-order valence-corrected chi connectivity index (χ4v) is 1.70. The number of carbonyl (C=O) groups excluding carboxylic acids is 1. The number of hydrogen-bond acceptors (Lipinski definition) is 3. The lowest BCUT2D eigenvalue weighted by Gasteiger charge is -2.26. The molecule has 0 atom stereocenters. The van der Waals surface area contributed by atoms with E-state index in [4.69, 9.17) is 10.5 Å². The van der Waals surface area contributed by atoms with Gasteiger partial charge in [-0.25, -0.2) is 8.78 Å². The molecule has 0 aliphatic carbocycles. The number of ether oxygens (including phenoxy) is 1. The third-order valence-electron chi connectivity index (χ3n) is 2.72. The number of halogens is 2. The van der Waals surface area contributed by atoms with Gasteiger partial charge in [0.2, 0.25) is 0 Å². The Bertz CT molecular complexity index is 464. The zero-order valence-corrected chi connectivity index (χ0v) is 11.2. The maximum Gasteiger partial charge on any atom is 0.257 e. The minimum absolute atomic E-state index is 0.161. The van der Waals surface area contributed by atoms with Gasteiger partial charge in [0.15, 0.2) is 5.82 Å². The van der Waals surface area contributed by atoms with Crippen molar-refractivity contribution in [2.24, 2.45) is 0 Å². The van der Waals surface area contributed by atoms with Crippen molar-refractivity contribution in [2.75, 3.05) is 26.0 Å². The zero-order chi connectivity index (χ0) is 14.6. The normalized spacial score (nSPS) is 10.8. The smallest absolute Gasteiger partial charge is 0.257 e. The Balaban J connectivity index is 3.09. The Kier molecular flexibility index (Phi) is 5.23. The van der Waals surface area contributed by atoms with Crippen LogP contribution in [0, 0.1) is 11.6 Å². The van der Waals surface area contributed by atoms with E-state index in [0.29, 0.717) is 13.2 Å². The molecule has 0 saturated carbocycles. The molecule has 1 amide bonds. The van der Waals surface area contributed by atoms with Gasteiger partial charge in [0, 0.05) is 19.7 Å². The van der Waals surface area contributed by atoms with Crippen LogP contribution >= 0.6 is 0 Å². The minimum Gasteiger partial charge on any atom is -0.396 e. The van der Waals surface area contributed by atoms with Crippen LogP contribution in [-0.2, 0) is 4.74 Å². The van der Waals surface area contributed by atoms with Crippen LogP contribution in [0.15, 0.2) is 12.1 Å². The van der Waals surface area contributed by atoms with Gasteiger partial charge in [0.1, 0.15) is 5.82 Å². The lowest BCUT2D eigenvalue weighted by Crippen LogP contribution is -2.39. The maximum absolute atomic E-state index is 13.8. The SMILES string of the molecule is COCCN(C(=O)c1cc(F)cc(N)c1F)C(C)C. The Morgan fingerprint density at radius 2 is 2.05 bits per heavy atom. The number of nitrogens with zero attached hydrogens (tertiary/aromatic N) is 1. The number of carbonyl (C=O) groups is 1. The van der Waals surface area contributed by atoms with E-state index in [1.54, 1.807) is 13.8 Å². The van der Waals surface area contributed by atoms with Gasteiger partial charge < -0.3 is 15.4 Å². The highest BCUT2D eigenvalue weighted by Gasteiger charge is 2.23. The van der Waals surface area contributed by atoms with Gasteiger partial charge in [-0.1, -0.05) is 0 Å². The van der Waals surface area contributed by atoms with Gasteiger partial charge in [-0.3, -0.25) is 4.79 Å². The molecule has 0 aliphatic rings.